The van der Waals surface area contributed by atoms with E-state index in [1.165, 1.54) is 7.11 Å². The average Bonchev–Trinajstić information content (AvgIpc) is 3.04. The van der Waals surface area contributed by atoms with Crippen LogP contribution in [0.2, 0.25) is 5.02 Å². The molecule has 1 saturated heterocycles. The van der Waals surface area contributed by atoms with Gasteiger partial charge in [0.1, 0.15) is 5.75 Å². The van der Waals surface area contributed by atoms with E-state index >= 15 is 0 Å². The zero-order chi connectivity index (χ0) is 18.8. The molecule has 0 saturated carbocycles. The van der Waals surface area contributed by atoms with Gasteiger partial charge in [-0.1, -0.05) is 29.8 Å². The fourth-order valence-corrected chi connectivity index (χ4v) is 3.33. The number of halogens is 1. The Bertz CT molecular complexity index is 838. The highest BCUT2D eigenvalue weighted by Gasteiger charge is 2.38. The van der Waals surface area contributed by atoms with Crippen molar-refractivity contribution in [1.29, 1.82) is 0 Å². The van der Waals surface area contributed by atoms with Gasteiger partial charge in [0.15, 0.2) is 0 Å². The summed E-state index contributed by atoms with van der Waals surface area (Å²) < 4.78 is 5.38. The van der Waals surface area contributed by atoms with E-state index < -0.39 is 5.92 Å². The molecule has 5 nitrogen and oxygen atoms in total. The van der Waals surface area contributed by atoms with E-state index in [4.69, 9.17) is 16.3 Å². The number of carbonyl (C=O) groups is 2. The SMILES string of the molecule is COc1cc(Cl)c(C)cc1N1CC(C(=O)N(C)c2ccccc2)CC1=O. The minimum Gasteiger partial charge on any atom is -0.495 e. The summed E-state index contributed by atoms with van der Waals surface area (Å²) in [5.74, 6) is -0.0339. The number of amides is 2. The largest absolute Gasteiger partial charge is 0.495 e. The summed E-state index contributed by atoms with van der Waals surface area (Å²) in [6.45, 7) is 2.20. The van der Waals surface area contributed by atoms with E-state index in [9.17, 15) is 9.59 Å². The number of rotatable bonds is 4. The van der Waals surface area contributed by atoms with Crippen LogP contribution in [0.25, 0.3) is 0 Å². The molecule has 2 aromatic carbocycles. The Labute approximate surface area is 158 Å². The summed E-state index contributed by atoms with van der Waals surface area (Å²) >= 11 is 6.15. The molecule has 2 aromatic rings. The molecule has 1 atom stereocenters. The minimum atomic E-state index is -0.395. The Morgan fingerprint density at radius 1 is 1.27 bits per heavy atom. The normalized spacial score (nSPS) is 16.7. The highest BCUT2D eigenvalue weighted by atomic mass is 35.5. The Balaban J connectivity index is 1.83. The number of hydrogen-bond acceptors (Lipinski definition) is 3. The van der Waals surface area contributed by atoms with Crippen molar-refractivity contribution in [2.75, 3.05) is 30.5 Å². The molecule has 1 fully saturated rings. The van der Waals surface area contributed by atoms with Crippen LogP contribution in [0.3, 0.4) is 0 Å². The number of ether oxygens (including phenoxy) is 1. The second-order valence-electron chi connectivity index (χ2n) is 6.41. The van der Waals surface area contributed by atoms with Crippen molar-refractivity contribution >= 4 is 34.8 Å². The second-order valence-corrected chi connectivity index (χ2v) is 6.82. The van der Waals surface area contributed by atoms with Crippen LogP contribution in [-0.2, 0) is 9.59 Å². The maximum atomic E-state index is 12.8. The monoisotopic (exact) mass is 372 g/mol. The van der Waals surface area contributed by atoms with Gasteiger partial charge >= 0.3 is 0 Å². The first-order chi connectivity index (χ1) is 12.4. The van der Waals surface area contributed by atoms with Gasteiger partial charge in [0.2, 0.25) is 11.8 Å². The lowest BCUT2D eigenvalue weighted by atomic mass is 10.1. The smallest absolute Gasteiger partial charge is 0.232 e. The number of benzene rings is 2. The lowest BCUT2D eigenvalue weighted by Gasteiger charge is -2.23. The Hall–Kier alpha value is -2.53. The summed E-state index contributed by atoms with van der Waals surface area (Å²) in [6, 6.07) is 12.9. The van der Waals surface area contributed by atoms with Crippen LogP contribution >= 0.6 is 11.6 Å². The summed E-state index contributed by atoms with van der Waals surface area (Å²) in [5.41, 5.74) is 2.31. The highest BCUT2D eigenvalue weighted by Crippen LogP contribution is 2.37. The highest BCUT2D eigenvalue weighted by molar-refractivity contribution is 6.31. The number of nitrogens with zero attached hydrogens (tertiary/aromatic N) is 2. The fourth-order valence-electron chi connectivity index (χ4n) is 3.18. The van der Waals surface area contributed by atoms with Crippen molar-refractivity contribution in [2.45, 2.75) is 13.3 Å². The molecular formula is C20H21ClN2O3. The maximum absolute atomic E-state index is 12.8. The predicted octanol–water partition coefficient (Wildman–Crippen LogP) is 3.67. The maximum Gasteiger partial charge on any atom is 0.232 e. The lowest BCUT2D eigenvalue weighted by molar-refractivity contribution is -0.124. The molecule has 3 rings (SSSR count). The van der Waals surface area contributed by atoms with Crippen LogP contribution in [0.4, 0.5) is 11.4 Å². The van der Waals surface area contributed by atoms with E-state index in [2.05, 4.69) is 0 Å². The zero-order valence-electron chi connectivity index (χ0n) is 15.0. The molecule has 0 spiro atoms. The second kappa shape index (κ2) is 7.38. The van der Waals surface area contributed by atoms with Crippen LogP contribution in [-0.4, -0.2) is 32.5 Å². The molecule has 0 N–H and O–H groups in total. The van der Waals surface area contributed by atoms with Crippen LogP contribution in [0.1, 0.15) is 12.0 Å². The number of para-hydroxylation sites is 1. The Morgan fingerprint density at radius 2 is 1.96 bits per heavy atom. The minimum absolute atomic E-state index is 0.0725. The van der Waals surface area contributed by atoms with E-state index in [0.29, 0.717) is 23.0 Å². The van der Waals surface area contributed by atoms with Crippen molar-refractivity contribution in [1.82, 2.24) is 0 Å². The Morgan fingerprint density at radius 3 is 2.62 bits per heavy atom. The van der Waals surface area contributed by atoms with Gasteiger partial charge < -0.3 is 14.5 Å². The molecule has 1 aliphatic heterocycles. The predicted molar refractivity (Wildman–Crippen MR) is 103 cm³/mol. The third kappa shape index (κ3) is 3.40. The number of hydrogen-bond donors (Lipinski definition) is 0. The topological polar surface area (TPSA) is 49.9 Å². The third-order valence-corrected chi connectivity index (χ3v) is 5.11. The number of aryl methyl sites for hydroxylation is 1. The fraction of sp³-hybridized carbons (Fsp3) is 0.300. The van der Waals surface area contributed by atoms with Gasteiger partial charge in [-0.3, -0.25) is 9.59 Å². The summed E-state index contributed by atoms with van der Waals surface area (Å²) in [5, 5.41) is 0.577. The molecule has 1 aliphatic rings. The van der Waals surface area contributed by atoms with Crippen LogP contribution in [0.5, 0.6) is 5.75 Å². The summed E-state index contributed by atoms with van der Waals surface area (Å²) in [6.07, 6.45) is 0.181. The molecule has 1 heterocycles. The molecule has 26 heavy (non-hydrogen) atoms. The molecule has 0 aromatic heterocycles. The molecule has 136 valence electrons. The molecule has 2 amide bonds. The molecule has 0 radical (unpaired) electrons. The van der Waals surface area contributed by atoms with Gasteiger partial charge in [-0.2, -0.15) is 0 Å². The van der Waals surface area contributed by atoms with E-state index in [1.54, 1.807) is 22.9 Å². The summed E-state index contributed by atoms with van der Waals surface area (Å²) in [4.78, 5) is 28.6. The molecular weight excluding hydrogens is 352 g/mol. The van der Waals surface area contributed by atoms with Crippen LogP contribution in [0, 0.1) is 12.8 Å². The number of anilines is 2. The summed E-state index contributed by atoms with van der Waals surface area (Å²) in [7, 11) is 3.27. The van der Waals surface area contributed by atoms with Gasteiger partial charge in [0.05, 0.1) is 18.7 Å². The average molecular weight is 373 g/mol. The molecule has 6 heteroatoms. The van der Waals surface area contributed by atoms with Gasteiger partial charge in [-0.05, 0) is 30.7 Å². The van der Waals surface area contributed by atoms with Crippen molar-refractivity contribution in [3.05, 3.63) is 53.1 Å². The van der Waals surface area contributed by atoms with Gasteiger partial charge in [0.25, 0.3) is 0 Å². The van der Waals surface area contributed by atoms with Gasteiger partial charge in [-0.25, -0.2) is 0 Å². The first-order valence-corrected chi connectivity index (χ1v) is 8.77. The van der Waals surface area contributed by atoms with Gasteiger partial charge in [-0.15, -0.1) is 0 Å². The lowest BCUT2D eigenvalue weighted by Crippen LogP contribution is -2.34. The molecule has 0 bridgehead atoms. The quantitative estimate of drug-likeness (QED) is 0.822. The molecule has 1 unspecified atom stereocenters. The zero-order valence-corrected chi connectivity index (χ0v) is 15.8. The van der Waals surface area contributed by atoms with Crippen LogP contribution in [0.15, 0.2) is 42.5 Å². The van der Waals surface area contributed by atoms with Crippen molar-refractivity contribution in [3.8, 4) is 5.75 Å². The number of carbonyl (C=O) groups excluding carboxylic acids is 2. The van der Waals surface area contributed by atoms with Gasteiger partial charge in [0, 0.05) is 36.8 Å². The van der Waals surface area contributed by atoms with Crippen molar-refractivity contribution in [3.63, 3.8) is 0 Å². The van der Waals surface area contributed by atoms with E-state index in [-0.39, 0.29) is 18.2 Å². The first-order valence-electron chi connectivity index (χ1n) is 8.39. The first kappa shape index (κ1) is 18.3. The molecule has 0 aliphatic carbocycles. The van der Waals surface area contributed by atoms with E-state index in [1.807, 2.05) is 43.3 Å². The Kier molecular flexibility index (Phi) is 5.18. The van der Waals surface area contributed by atoms with Crippen molar-refractivity contribution in [2.24, 2.45) is 5.92 Å². The standard InChI is InChI=1S/C20H21ClN2O3/c1-13-9-17(18(26-3)11-16(13)21)23-12-14(10-19(23)24)20(25)22(2)15-7-5-4-6-8-15/h4-9,11,14H,10,12H2,1-3H3. The number of methoxy groups -OCH3 is 1. The third-order valence-electron chi connectivity index (χ3n) is 4.70. The van der Waals surface area contributed by atoms with Crippen molar-refractivity contribution < 1.29 is 14.3 Å². The van der Waals surface area contributed by atoms with E-state index in [0.717, 1.165) is 11.3 Å². The van der Waals surface area contributed by atoms with Crippen LogP contribution < -0.4 is 14.5 Å².